The predicted molar refractivity (Wildman–Crippen MR) is 118 cm³/mol. The second-order valence-electron chi connectivity index (χ2n) is 6.79. The van der Waals surface area contributed by atoms with Crippen LogP contribution in [0.25, 0.3) is 6.08 Å². The Labute approximate surface area is 182 Å². The normalized spacial score (nSPS) is 11.0. The minimum absolute atomic E-state index is 0.125. The maximum atomic E-state index is 12.4. The highest BCUT2D eigenvalue weighted by Gasteiger charge is 2.14. The van der Waals surface area contributed by atoms with Crippen molar-refractivity contribution in [3.63, 3.8) is 0 Å². The van der Waals surface area contributed by atoms with Gasteiger partial charge in [-0.15, -0.1) is 0 Å². The molecule has 2 aromatic rings. The molecule has 0 spiro atoms. The van der Waals surface area contributed by atoms with E-state index < -0.39 is 5.97 Å². The SMILES string of the molecule is CCCCCCOc1ccc(/C=C(\C#N)C(=O)Oc2ccc(Cl)cc2C)cc1OC. The van der Waals surface area contributed by atoms with Crippen molar-refractivity contribution in [1.82, 2.24) is 0 Å². The molecule has 0 fully saturated rings. The Balaban J connectivity index is 2.12. The molecule has 0 unspecified atom stereocenters. The van der Waals surface area contributed by atoms with Gasteiger partial charge in [0, 0.05) is 5.02 Å². The molecule has 0 radical (unpaired) electrons. The summed E-state index contributed by atoms with van der Waals surface area (Å²) in [5.41, 5.74) is 1.21. The molecular formula is C24H26ClNO4. The Bertz CT molecular complexity index is 947. The summed E-state index contributed by atoms with van der Waals surface area (Å²) in [6.07, 6.45) is 5.92. The molecule has 0 heterocycles. The summed E-state index contributed by atoms with van der Waals surface area (Å²) < 4.78 is 16.5. The summed E-state index contributed by atoms with van der Waals surface area (Å²) in [5.74, 6) is 0.788. The number of aryl methyl sites for hydroxylation is 1. The molecule has 0 bridgehead atoms. The molecule has 0 N–H and O–H groups in total. The monoisotopic (exact) mass is 427 g/mol. The molecule has 2 aromatic carbocycles. The van der Waals surface area contributed by atoms with Crippen LogP contribution in [0.4, 0.5) is 0 Å². The molecular weight excluding hydrogens is 402 g/mol. The van der Waals surface area contributed by atoms with Crippen molar-refractivity contribution in [2.24, 2.45) is 0 Å². The first-order valence-corrected chi connectivity index (χ1v) is 10.3. The van der Waals surface area contributed by atoms with Crippen molar-refractivity contribution < 1.29 is 19.0 Å². The Morgan fingerprint density at radius 3 is 2.53 bits per heavy atom. The maximum absolute atomic E-state index is 12.4. The third-order valence-corrected chi connectivity index (χ3v) is 4.67. The van der Waals surface area contributed by atoms with Crippen molar-refractivity contribution in [3.05, 3.63) is 58.1 Å². The highest BCUT2D eigenvalue weighted by molar-refractivity contribution is 6.30. The molecule has 0 aliphatic heterocycles. The number of nitrogens with zero attached hydrogens (tertiary/aromatic N) is 1. The molecule has 0 aliphatic rings. The molecule has 0 aromatic heterocycles. The van der Waals surface area contributed by atoms with Crippen LogP contribution in [-0.2, 0) is 4.79 Å². The largest absolute Gasteiger partial charge is 0.493 e. The van der Waals surface area contributed by atoms with Crippen LogP contribution in [0.5, 0.6) is 17.2 Å². The number of esters is 1. The van der Waals surface area contributed by atoms with E-state index in [4.69, 9.17) is 25.8 Å². The number of unbranched alkanes of at least 4 members (excludes halogenated alkanes) is 3. The topological polar surface area (TPSA) is 68.5 Å². The lowest BCUT2D eigenvalue weighted by Crippen LogP contribution is -2.11. The molecule has 0 saturated carbocycles. The van der Waals surface area contributed by atoms with Crippen LogP contribution in [0.1, 0.15) is 43.7 Å². The second kappa shape index (κ2) is 11.9. The van der Waals surface area contributed by atoms with Crippen molar-refractivity contribution in [3.8, 4) is 23.3 Å². The number of benzene rings is 2. The minimum Gasteiger partial charge on any atom is -0.493 e. The lowest BCUT2D eigenvalue weighted by Gasteiger charge is -2.11. The van der Waals surface area contributed by atoms with Gasteiger partial charge in [0.05, 0.1) is 13.7 Å². The van der Waals surface area contributed by atoms with E-state index >= 15 is 0 Å². The van der Waals surface area contributed by atoms with Gasteiger partial charge >= 0.3 is 5.97 Å². The van der Waals surface area contributed by atoms with Crippen LogP contribution in [-0.4, -0.2) is 19.7 Å². The lowest BCUT2D eigenvalue weighted by atomic mass is 10.1. The summed E-state index contributed by atoms with van der Waals surface area (Å²) in [7, 11) is 1.55. The molecule has 0 saturated heterocycles. The van der Waals surface area contributed by atoms with Crippen molar-refractivity contribution >= 4 is 23.6 Å². The number of rotatable bonds is 10. The summed E-state index contributed by atoms with van der Waals surface area (Å²) in [6.45, 7) is 4.55. The molecule has 6 heteroatoms. The van der Waals surface area contributed by atoms with Gasteiger partial charge in [-0.05, 0) is 60.9 Å². The third kappa shape index (κ3) is 6.82. The van der Waals surface area contributed by atoms with E-state index in [1.165, 1.54) is 18.9 Å². The highest BCUT2D eigenvalue weighted by atomic mass is 35.5. The van der Waals surface area contributed by atoms with E-state index in [9.17, 15) is 10.1 Å². The quantitative estimate of drug-likeness (QED) is 0.150. The molecule has 158 valence electrons. The third-order valence-electron chi connectivity index (χ3n) is 4.43. The number of halogens is 1. The maximum Gasteiger partial charge on any atom is 0.354 e. The van der Waals surface area contributed by atoms with Crippen LogP contribution in [0.3, 0.4) is 0 Å². The number of ether oxygens (including phenoxy) is 3. The van der Waals surface area contributed by atoms with Gasteiger partial charge in [-0.25, -0.2) is 4.79 Å². The van der Waals surface area contributed by atoms with Crippen molar-refractivity contribution in [1.29, 1.82) is 5.26 Å². The van der Waals surface area contributed by atoms with Gasteiger partial charge in [-0.1, -0.05) is 43.9 Å². The van der Waals surface area contributed by atoms with Gasteiger partial charge in [-0.2, -0.15) is 5.26 Å². The van der Waals surface area contributed by atoms with Gasteiger partial charge in [0.2, 0.25) is 0 Å². The Morgan fingerprint density at radius 2 is 1.87 bits per heavy atom. The summed E-state index contributed by atoms with van der Waals surface area (Å²) in [6, 6.07) is 12.1. The number of hydrogen-bond acceptors (Lipinski definition) is 5. The molecule has 5 nitrogen and oxygen atoms in total. The predicted octanol–water partition coefficient (Wildman–Crippen LogP) is 6.13. The van der Waals surface area contributed by atoms with E-state index in [-0.39, 0.29) is 5.57 Å². The zero-order valence-corrected chi connectivity index (χ0v) is 18.3. The average Bonchev–Trinajstić information content (AvgIpc) is 2.74. The van der Waals surface area contributed by atoms with Crippen molar-refractivity contribution in [2.45, 2.75) is 39.5 Å². The number of nitriles is 1. The Hall–Kier alpha value is -2.97. The molecule has 2 rings (SSSR count). The van der Waals surface area contributed by atoms with Crippen LogP contribution in [0.15, 0.2) is 42.0 Å². The number of carbonyl (C=O) groups is 1. The standard InChI is InChI=1S/C24H26ClNO4/c1-4-5-6-7-12-29-22-10-8-18(15-23(22)28-3)14-19(16-26)24(27)30-21-11-9-20(25)13-17(21)2/h8-11,13-15H,4-7,12H2,1-3H3/b19-14+. The first-order valence-electron chi connectivity index (χ1n) is 9.89. The Morgan fingerprint density at radius 1 is 1.10 bits per heavy atom. The van der Waals surface area contributed by atoms with E-state index in [1.54, 1.807) is 50.4 Å². The van der Waals surface area contributed by atoms with Crippen molar-refractivity contribution in [2.75, 3.05) is 13.7 Å². The van der Waals surface area contributed by atoms with E-state index in [2.05, 4.69) is 6.92 Å². The van der Waals surface area contributed by atoms with Gasteiger partial charge in [-0.3, -0.25) is 0 Å². The summed E-state index contributed by atoms with van der Waals surface area (Å²) >= 11 is 5.92. The lowest BCUT2D eigenvalue weighted by molar-refractivity contribution is -0.129. The smallest absolute Gasteiger partial charge is 0.354 e. The van der Waals surface area contributed by atoms with Gasteiger partial charge < -0.3 is 14.2 Å². The molecule has 30 heavy (non-hydrogen) atoms. The fraction of sp³-hybridized carbons (Fsp3) is 0.333. The fourth-order valence-electron chi connectivity index (χ4n) is 2.79. The van der Waals surface area contributed by atoms with Crippen LogP contribution in [0.2, 0.25) is 5.02 Å². The number of hydrogen-bond donors (Lipinski definition) is 0. The average molecular weight is 428 g/mol. The van der Waals surface area contributed by atoms with Gasteiger partial charge in [0.1, 0.15) is 17.4 Å². The zero-order chi connectivity index (χ0) is 21.9. The van der Waals surface area contributed by atoms with E-state index in [0.717, 1.165) is 12.8 Å². The minimum atomic E-state index is -0.738. The Kier molecular flexibility index (Phi) is 9.24. The molecule has 0 amide bonds. The van der Waals surface area contributed by atoms with Crippen LogP contribution < -0.4 is 14.2 Å². The van der Waals surface area contributed by atoms with Crippen LogP contribution >= 0.6 is 11.6 Å². The molecule has 0 aliphatic carbocycles. The molecule has 0 atom stereocenters. The summed E-state index contributed by atoms with van der Waals surface area (Å²) in [5, 5.41) is 9.97. The summed E-state index contributed by atoms with van der Waals surface area (Å²) in [4.78, 5) is 12.4. The fourth-order valence-corrected chi connectivity index (χ4v) is 3.02. The number of carbonyl (C=O) groups excluding carboxylic acids is 1. The van der Waals surface area contributed by atoms with Crippen LogP contribution in [0, 0.1) is 18.3 Å². The van der Waals surface area contributed by atoms with E-state index in [1.807, 2.05) is 6.07 Å². The number of methoxy groups -OCH3 is 1. The van der Waals surface area contributed by atoms with E-state index in [0.29, 0.717) is 40.0 Å². The zero-order valence-electron chi connectivity index (χ0n) is 17.5. The first-order chi connectivity index (χ1) is 14.5. The van der Waals surface area contributed by atoms with Gasteiger partial charge in [0.25, 0.3) is 0 Å². The second-order valence-corrected chi connectivity index (χ2v) is 7.23. The first kappa shape index (κ1) is 23.3. The highest BCUT2D eigenvalue weighted by Crippen LogP contribution is 2.29. The van der Waals surface area contributed by atoms with Gasteiger partial charge in [0.15, 0.2) is 11.5 Å².